The zero-order chi connectivity index (χ0) is 16.8. The van der Waals surface area contributed by atoms with E-state index in [4.69, 9.17) is 5.11 Å². The largest absolute Gasteiger partial charge is 0.478 e. The fourth-order valence-electron chi connectivity index (χ4n) is 1.95. The molecular weight excluding hydrogens is 298 g/mol. The molecule has 2 aromatic carbocycles. The van der Waals surface area contributed by atoms with Crippen LogP contribution in [0.1, 0.15) is 36.6 Å². The van der Waals surface area contributed by atoms with Crippen LogP contribution in [0.3, 0.4) is 0 Å². The quantitative estimate of drug-likeness (QED) is 0.825. The maximum Gasteiger partial charge on any atom is 0.337 e. The number of ether oxygens (including phenoxy) is 1. The number of esters is 1. The molecule has 0 heterocycles. The fraction of sp³-hybridized carbons (Fsp3) is 0.118. The van der Waals surface area contributed by atoms with Crippen LogP contribution in [-0.2, 0) is 11.3 Å². The lowest BCUT2D eigenvalue weighted by Crippen LogP contribution is -2.23. The van der Waals surface area contributed by atoms with E-state index in [-0.39, 0.29) is 18.0 Å². The third-order valence-electron chi connectivity index (χ3n) is 3.20. The fourth-order valence-corrected chi connectivity index (χ4v) is 1.95. The van der Waals surface area contributed by atoms with Crippen molar-refractivity contribution < 1.29 is 24.2 Å². The maximum atomic E-state index is 12.1. The molecule has 0 fully saturated rings. The molecule has 0 aliphatic carbocycles. The van der Waals surface area contributed by atoms with E-state index in [9.17, 15) is 14.4 Å². The summed E-state index contributed by atoms with van der Waals surface area (Å²) < 4.78 is 4.61. The van der Waals surface area contributed by atoms with Crippen molar-refractivity contribution in [3.8, 4) is 0 Å². The Morgan fingerprint density at radius 2 is 1.65 bits per heavy atom. The van der Waals surface area contributed by atoms with E-state index in [0.29, 0.717) is 11.1 Å². The Morgan fingerprint density at radius 1 is 1.00 bits per heavy atom. The lowest BCUT2D eigenvalue weighted by Gasteiger charge is -2.07. The Kier molecular flexibility index (Phi) is 5.09. The van der Waals surface area contributed by atoms with Gasteiger partial charge < -0.3 is 15.2 Å². The van der Waals surface area contributed by atoms with Gasteiger partial charge in [-0.25, -0.2) is 9.59 Å². The first-order valence-corrected chi connectivity index (χ1v) is 6.80. The Morgan fingerprint density at radius 3 is 2.26 bits per heavy atom. The van der Waals surface area contributed by atoms with E-state index in [0.717, 1.165) is 5.56 Å². The van der Waals surface area contributed by atoms with Crippen LogP contribution < -0.4 is 5.32 Å². The van der Waals surface area contributed by atoms with Crippen LogP contribution in [0.15, 0.2) is 48.5 Å². The molecule has 0 saturated carbocycles. The number of carbonyl (C=O) groups is 3. The molecular formula is C17H15NO5. The van der Waals surface area contributed by atoms with Crippen LogP contribution in [0.4, 0.5) is 0 Å². The lowest BCUT2D eigenvalue weighted by atomic mass is 10.1. The van der Waals surface area contributed by atoms with E-state index in [2.05, 4.69) is 10.1 Å². The number of hydrogen-bond donors (Lipinski definition) is 2. The molecule has 6 heteroatoms. The second-order valence-electron chi connectivity index (χ2n) is 4.76. The molecule has 0 radical (unpaired) electrons. The molecule has 2 N–H and O–H groups in total. The van der Waals surface area contributed by atoms with Gasteiger partial charge in [0.05, 0.1) is 18.2 Å². The number of rotatable bonds is 5. The second kappa shape index (κ2) is 7.22. The number of carbonyl (C=O) groups excluding carboxylic acids is 2. The average molecular weight is 313 g/mol. The highest BCUT2D eigenvalue weighted by Crippen LogP contribution is 2.08. The summed E-state index contributed by atoms with van der Waals surface area (Å²) in [4.78, 5) is 34.3. The number of nitrogens with one attached hydrogen (secondary N) is 1. The minimum absolute atomic E-state index is 0.186. The van der Waals surface area contributed by atoms with Crippen molar-refractivity contribution in [3.63, 3.8) is 0 Å². The summed E-state index contributed by atoms with van der Waals surface area (Å²) in [6.45, 7) is 0.251. The van der Waals surface area contributed by atoms with Crippen LogP contribution in [0.2, 0.25) is 0 Å². The summed E-state index contributed by atoms with van der Waals surface area (Å²) in [6, 6.07) is 12.4. The third-order valence-corrected chi connectivity index (χ3v) is 3.20. The monoisotopic (exact) mass is 313 g/mol. The predicted molar refractivity (Wildman–Crippen MR) is 82.4 cm³/mol. The Hall–Kier alpha value is -3.15. The first-order chi connectivity index (χ1) is 11.0. The van der Waals surface area contributed by atoms with Gasteiger partial charge in [0.2, 0.25) is 0 Å². The molecule has 6 nitrogen and oxygen atoms in total. The van der Waals surface area contributed by atoms with Gasteiger partial charge in [0.25, 0.3) is 5.91 Å². The van der Waals surface area contributed by atoms with Crippen LogP contribution in [0.25, 0.3) is 0 Å². The number of carboxylic acid groups (broad SMARTS) is 1. The van der Waals surface area contributed by atoms with Crippen molar-refractivity contribution in [2.75, 3.05) is 7.11 Å². The van der Waals surface area contributed by atoms with Crippen LogP contribution in [0, 0.1) is 0 Å². The zero-order valence-electron chi connectivity index (χ0n) is 12.4. The highest BCUT2D eigenvalue weighted by Gasteiger charge is 2.10. The van der Waals surface area contributed by atoms with Crippen molar-refractivity contribution in [3.05, 3.63) is 70.8 Å². The van der Waals surface area contributed by atoms with E-state index in [1.165, 1.54) is 25.3 Å². The van der Waals surface area contributed by atoms with Gasteiger partial charge in [-0.3, -0.25) is 4.79 Å². The van der Waals surface area contributed by atoms with Crippen LogP contribution in [-0.4, -0.2) is 30.1 Å². The minimum Gasteiger partial charge on any atom is -0.478 e. The van der Waals surface area contributed by atoms with Gasteiger partial charge >= 0.3 is 11.9 Å². The van der Waals surface area contributed by atoms with E-state index >= 15 is 0 Å². The summed E-state index contributed by atoms with van der Waals surface area (Å²) in [7, 11) is 1.27. The van der Waals surface area contributed by atoms with Crippen molar-refractivity contribution >= 4 is 17.8 Å². The number of aromatic carboxylic acids is 1. The Bertz CT molecular complexity index is 737. The number of amides is 1. The van der Waals surface area contributed by atoms with E-state index < -0.39 is 11.9 Å². The van der Waals surface area contributed by atoms with Crippen molar-refractivity contribution in [2.24, 2.45) is 0 Å². The third kappa shape index (κ3) is 4.16. The van der Waals surface area contributed by atoms with Gasteiger partial charge in [0, 0.05) is 12.1 Å². The molecule has 0 unspecified atom stereocenters. The molecule has 118 valence electrons. The minimum atomic E-state index is -1.000. The predicted octanol–water partition coefficient (Wildman–Crippen LogP) is 2.10. The van der Waals surface area contributed by atoms with Crippen LogP contribution >= 0.6 is 0 Å². The number of benzene rings is 2. The first-order valence-electron chi connectivity index (χ1n) is 6.80. The average Bonchev–Trinajstić information content (AvgIpc) is 2.59. The van der Waals surface area contributed by atoms with Crippen molar-refractivity contribution in [1.82, 2.24) is 5.32 Å². The number of methoxy groups -OCH3 is 1. The topological polar surface area (TPSA) is 92.7 Å². The number of carboxylic acids is 1. The summed E-state index contributed by atoms with van der Waals surface area (Å²) in [5.41, 5.74) is 1.60. The molecule has 2 rings (SSSR count). The molecule has 0 aromatic heterocycles. The standard InChI is InChI=1S/C17H15NO5/c1-23-17(22)14-4-2-3-13(9-14)15(19)18-10-11-5-7-12(8-6-11)16(20)21/h2-9H,10H2,1H3,(H,18,19)(H,20,21). The number of hydrogen-bond acceptors (Lipinski definition) is 4. The molecule has 0 aliphatic heterocycles. The van der Waals surface area contributed by atoms with Crippen molar-refractivity contribution in [2.45, 2.75) is 6.54 Å². The highest BCUT2D eigenvalue weighted by molar-refractivity contribution is 5.97. The zero-order valence-corrected chi connectivity index (χ0v) is 12.4. The van der Waals surface area contributed by atoms with E-state index in [1.807, 2.05) is 0 Å². The molecule has 23 heavy (non-hydrogen) atoms. The summed E-state index contributed by atoms with van der Waals surface area (Å²) in [5, 5.41) is 11.5. The SMILES string of the molecule is COC(=O)c1cccc(C(=O)NCc2ccc(C(=O)O)cc2)c1. The lowest BCUT2D eigenvalue weighted by molar-refractivity contribution is 0.0599. The molecule has 1 amide bonds. The van der Waals surface area contributed by atoms with Crippen LogP contribution in [0.5, 0.6) is 0 Å². The summed E-state index contributed by atoms with van der Waals surface area (Å²) >= 11 is 0. The Balaban J connectivity index is 2.02. The molecule has 0 saturated heterocycles. The smallest absolute Gasteiger partial charge is 0.337 e. The van der Waals surface area contributed by atoms with E-state index in [1.54, 1.807) is 30.3 Å². The first kappa shape index (κ1) is 16.2. The Labute approximate surface area is 132 Å². The molecule has 0 bridgehead atoms. The van der Waals surface area contributed by atoms with Gasteiger partial charge in [-0.05, 0) is 35.9 Å². The molecule has 2 aromatic rings. The highest BCUT2D eigenvalue weighted by atomic mass is 16.5. The molecule has 0 aliphatic rings. The molecule has 0 spiro atoms. The van der Waals surface area contributed by atoms with Gasteiger partial charge in [-0.15, -0.1) is 0 Å². The molecule has 0 atom stereocenters. The van der Waals surface area contributed by atoms with Gasteiger partial charge in [-0.1, -0.05) is 18.2 Å². The van der Waals surface area contributed by atoms with Gasteiger partial charge in [0.1, 0.15) is 0 Å². The van der Waals surface area contributed by atoms with Gasteiger partial charge in [0.15, 0.2) is 0 Å². The second-order valence-corrected chi connectivity index (χ2v) is 4.76. The van der Waals surface area contributed by atoms with Crippen molar-refractivity contribution in [1.29, 1.82) is 0 Å². The summed E-state index contributed by atoms with van der Waals surface area (Å²) in [5.74, 6) is -1.85. The maximum absolute atomic E-state index is 12.1. The van der Waals surface area contributed by atoms with Gasteiger partial charge in [-0.2, -0.15) is 0 Å². The summed E-state index contributed by atoms with van der Waals surface area (Å²) in [6.07, 6.45) is 0. The normalized spacial score (nSPS) is 9.96.